The lowest BCUT2D eigenvalue weighted by Gasteiger charge is -2.36. The third kappa shape index (κ3) is 1.30. The monoisotopic (exact) mass is 240 g/mol. The molecule has 2 N–H and O–H groups in total. The molecular weight excluding hydrogens is 224 g/mol. The van der Waals surface area contributed by atoms with E-state index in [9.17, 15) is 10.2 Å². The number of methoxy groups -OCH3 is 2. The van der Waals surface area contributed by atoms with E-state index in [4.69, 9.17) is 14.2 Å². The summed E-state index contributed by atoms with van der Waals surface area (Å²) in [5.74, 6) is 0.961. The van der Waals surface area contributed by atoms with Gasteiger partial charge in [-0.3, -0.25) is 0 Å². The minimum Gasteiger partial charge on any atom is -0.495 e. The zero-order valence-corrected chi connectivity index (χ0v) is 9.74. The van der Waals surface area contributed by atoms with Gasteiger partial charge in [0.05, 0.1) is 26.4 Å². The summed E-state index contributed by atoms with van der Waals surface area (Å²) in [6.45, 7) is 0. The molecule has 0 aromatic rings. The average Bonchev–Trinajstić information content (AvgIpc) is 2.88. The van der Waals surface area contributed by atoms with Gasteiger partial charge in [-0.2, -0.15) is 0 Å². The van der Waals surface area contributed by atoms with Crippen LogP contribution in [0.5, 0.6) is 0 Å². The molecule has 0 aromatic heterocycles. The Balaban J connectivity index is 2.01. The number of aliphatic hydroxyl groups excluding tert-OH is 2. The zero-order valence-electron chi connectivity index (χ0n) is 9.74. The molecule has 2 heterocycles. The standard InChI is InChI=1S/C12H16O5/c1-15-11-9-7-5(13)3-4-6(14)8(7)10(17-9)12(11)16-2/h3-10,13-14H,1-2H3/t5-,6+,7-,8+,9+,10-. The summed E-state index contributed by atoms with van der Waals surface area (Å²) in [5.41, 5.74) is 0. The van der Waals surface area contributed by atoms with Gasteiger partial charge >= 0.3 is 0 Å². The SMILES string of the molecule is COC1=C(OC)[C@@H]2O[C@H]1[C@H]1[C@@H]2[C@@H](O)C=C[C@H]1O. The molecule has 3 rings (SSSR count). The fourth-order valence-corrected chi connectivity index (χ4v) is 3.23. The molecule has 6 atom stereocenters. The van der Waals surface area contributed by atoms with Gasteiger partial charge in [0.1, 0.15) is 12.2 Å². The molecule has 1 saturated heterocycles. The molecule has 0 spiro atoms. The van der Waals surface area contributed by atoms with Crippen molar-refractivity contribution in [3.8, 4) is 0 Å². The maximum atomic E-state index is 9.99. The maximum Gasteiger partial charge on any atom is 0.165 e. The molecule has 0 aromatic carbocycles. The quantitative estimate of drug-likeness (QED) is 0.654. The summed E-state index contributed by atoms with van der Waals surface area (Å²) in [6.07, 6.45) is 1.38. The first-order valence-electron chi connectivity index (χ1n) is 5.71. The molecule has 5 nitrogen and oxygen atoms in total. The highest BCUT2D eigenvalue weighted by Gasteiger charge is 2.60. The van der Waals surface area contributed by atoms with Crippen LogP contribution in [0.15, 0.2) is 23.7 Å². The molecule has 17 heavy (non-hydrogen) atoms. The van der Waals surface area contributed by atoms with E-state index in [2.05, 4.69) is 0 Å². The van der Waals surface area contributed by atoms with E-state index >= 15 is 0 Å². The lowest BCUT2D eigenvalue weighted by Crippen LogP contribution is -2.45. The van der Waals surface area contributed by atoms with Crippen LogP contribution in [0.2, 0.25) is 0 Å². The van der Waals surface area contributed by atoms with Crippen molar-refractivity contribution in [2.45, 2.75) is 24.4 Å². The number of hydrogen-bond donors (Lipinski definition) is 2. The van der Waals surface area contributed by atoms with Crippen LogP contribution in [0.4, 0.5) is 0 Å². The normalized spacial score (nSPS) is 47.3. The van der Waals surface area contributed by atoms with Crippen LogP contribution in [0.25, 0.3) is 0 Å². The van der Waals surface area contributed by atoms with Crippen molar-refractivity contribution in [1.82, 2.24) is 0 Å². The number of hydrogen-bond acceptors (Lipinski definition) is 5. The van der Waals surface area contributed by atoms with Gasteiger partial charge in [-0.1, -0.05) is 12.2 Å². The Hall–Kier alpha value is -1.04. The first kappa shape index (κ1) is 11.1. The Morgan fingerprint density at radius 3 is 1.71 bits per heavy atom. The lowest BCUT2D eigenvalue weighted by molar-refractivity contribution is 0.0219. The molecule has 2 aliphatic heterocycles. The molecule has 0 radical (unpaired) electrons. The van der Waals surface area contributed by atoms with Crippen molar-refractivity contribution in [2.75, 3.05) is 14.2 Å². The fraction of sp³-hybridized carbons (Fsp3) is 0.667. The van der Waals surface area contributed by atoms with Gasteiger partial charge in [0.25, 0.3) is 0 Å². The Morgan fingerprint density at radius 1 is 0.941 bits per heavy atom. The van der Waals surface area contributed by atoms with Crippen molar-refractivity contribution in [2.24, 2.45) is 11.8 Å². The molecule has 2 bridgehead atoms. The summed E-state index contributed by atoms with van der Waals surface area (Å²) in [5, 5.41) is 20.0. The summed E-state index contributed by atoms with van der Waals surface area (Å²) < 4.78 is 16.4. The van der Waals surface area contributed by atoms with E-state index in [1.165, 1.54) is 0 Å². The topological polar surface area (TPSA) is 68.2 Å². The predicted octanol–water partition coefficient (Wildman–Crippen LogP) is -0.204. The van der Waals surface area contributed by atoms with Crippen LogP contribution >= 0.6 is 0 Å². The van der Waals surface area contributed by atoms with Crippen molar-refractivity contribution < 1.29 is 24.4 Å². The highest BCUT2D eigenvalue weighted by molar-refractivity contribution is 5.31. The minimum absolute atomic E-state index is 0.158. The van der Waals surface area contributed by atoms with Crippen LogP contribution in [0, 0.1) is 11.8 Å². The Labute approximate surface area is 99.3 Å². The highest BCUT2D eigenvalue weighted by Crippen LogP contribution is 2.51. The van der Waals surface area contributed by atoms with Crippen LogP contribution < -0.4 is 0 Å². The molecule has 1 aliphatic carbocycles. The van der Waals surface area contributed by atoms with Gasteiger partial charge in [0, 0.05) is 11.8 Å². The van der Waals surface area contributed by atoms with Gasteiger partial charge in [0.15, 0.2) is 11.5 Å². The van der Waals surface area contributed by atoms with Crippen molar-refractivity contribution >= 4 is 0 Å². The van der Waals surface area contributed by atoms with E-state index in [1.54, 1.807) is 26.4 Å². The summed E-state index contributed by atoms with van der Waals surface area (Å²) >= 11 is 0. The number of rotatable bonds is 2. The van der Waals surface area contributed by atoms with Crippen molar-refractivity contribution in [1.29, 1.82) is 0 Å². The van der Waals surface area contributed by atoms with Crippen molar-refractivity contribution in [3.63, 3.8) is 0 Å². The fourth-order valence-electron chi connectivity index (χ4n) is 3.23. The summed E-state index contributed by atoms with van der Waals surface area (Å²) in [6, 6.07) is 0. The minimum atomic E-state index is -0.609. The Bertz CT molecular complexity index is 354. The first-order valence-corrected chi connectivity index (χ1v) is 5.71. The highest BCUT2D eigenvalue weighted by atomic mass is 16.6. The van der Waals surface area contributed by atoms with Gasteiger partial charge in [0.2, 0.25) is 0 Å². The third-order valence-corrected chi connectivity index (χ3v) is 3.93. The van der Waals surface area contributed by atoms with Crippen molar-refractivity contribution in [3.05, 3.63) is 23.7 Å². The predicted molar refractivity (Wildman–Crippen MR) is 57.8 cm³/mol. The zero-order chi connectivity index (χ0) is 12.2. The van der Waals surface area contributed by atoms with Crippen LogP contribution in [0.3, 0.4) is 0 Å². The number of fused-ring (bicyclic) bond motifs is 5. The van der Waals surface area contributed by atoms with E-state index in [1.807, 2.05) is 0 Å². The van der Waals surface area contributed by atoms with Gasteiger partial charge in [-0.25, -0.2) is 0 Å². The largest absolute Gasteiger partial charge is 0.495 e. The number of ether oxygens (including phenoxy) is 3. The smallest absolute Gasteiger partial charge is 0.165 e. The van der Waals surface area contributed by atoms with Crippen LogP contribution in [0.1, 0.15) is 0 Å². The van der Waals surface area contributed by atoms with Crippen LogP contribution in [-0.4, -0.2) is 48.8 Å². The molecule has 0 unspecified atom stereocenters. The Morgan fingerprint density at radius 2 is 1.35 bits per heavy atom. The van der Waals surface area contributed by atoms with Gasteiger partial charge in [-0.05, 0) is 0 Å². The first-order chi connectivity index (χ1) is 8.19. The second-order valence-electron chi connectivity index (χ2n) is 4.63. The van der Waals surface area contributed by atoms with Gasteiger partial charge in [-0.15, -0.1) is 0 Å². The average molecular weight is 240 g/mol. The number of aliphatic hydroxyl groups is 2. The second kappa shape index (κ2) is 3.73. The summed E-state index contributed by atoms with van der Waals surface area (Å²) in [7, 11) is 3.13. The second-order valence-corrected chi connectivity index (χ2v) is 4.63. The molecule has 0 saturated carbocycles. The lowest BCUT2D eigenvalue weighted by atomic mass is 9.72. The van der Waals surface area contributed by atoms with E-state index in [0.717, 1.165) is 0 Å². The summed E-state index contributed by atoms with van der Waals surface area (Å²) in [4.78, 5) is 0. The Kier molecular flexibility index (Phi) is 2.43. The van der Waals surface area contributed by atoms with E-state index in [0.29, 0.717) is 11.5 Å². The molecule has 5 heteroatoms. The third-order valence-electron chi connectivity index (χ3n) is 3.93. The van der Waals surface area contributed by atoms with Crippen LogP contribution in [-0.2, 0) is 14.2 Å². The molecular formula is C12H16O5. The molecule has 94 valence electrons. The molecule has 3 aliphatic rings. The maximum absolute atomic E-state index is 9.99. The van der Waals surface area contributed by atoms with E-state index in [-0.39, 0.29) is 24.0 Å². The van der Waals surface area contributed by atoms with Gasteiger partial charge < -0.3 is 24.4 Å². The molecule has 1 fully saturated rings. The van der Waals surface area contributed by atoms with E-state index < -0.39 is 12.2 Å². The molecule has 0 amide bonds.